The standard InChI is InChI=1S/C17H27N7/c1-5-16-22-21-13-24(16)11-10-19-17(18-2)20-12-14-6-8-15(9-7-14)23(3)4/h6-9,13H,5,10-12H2,1-4H3,(H2,18,19,20). The summed E-state index contributed by atoms with van der Waals surface area (Å²) < 4.78 is 2.06. The zero-order valence-electron chi connectivity index (χ0n) is 15.0. The maximum Gasteiger partial charge on any atom is 0.191 e. The Morgan fingerprint density at radius 2 is 1.96 bits per heavy atom. The van der Waals surface area contributed by atoms with E-state index in [-0.39, 0.29) is 0 Å². The second kappa shape index (κ2) is 8.90. The van der Waals surface area contributed by atoms with Gasteiger partial charge in [0.25, 0.3) is 0 Å². The summed E-state index contributed by atoms with van der Waals surface area (Å²) in [6.07, 6.45) is 2.65. The molecule has 0 aliphatic carbocycles. The molecule has 2 aromatic rings. The first kappa shape index (κ1) is 17.8. The highest BCUT2D eigenvalue weighted by Crippen LogP contribution is 2.11. The van der Waals surface area contributed by atoms with E-state index in [9.17, 15) is 0 Å². The molecule has 0 spiro atoms. The van der Waals surface area contributed by atoms with Crippen molar-refractivity contribution in [3.63, 3.8) is 0 Å². The molecule has 24 heavy (non-hydrogen) atoms. The Bertz CT molecular complexity index is 643. The molecule has 0 aliphatic heterocycles. The predicted molar refractivity (Wildman–Crippen MR) is 98.4 cm³/mol. The Morgan fingerprint density at radius 3 is 2.58 bits per heavy atom. The molecular formula is C17H27N7. The first-order valence-corrected chi connectivity index (χ1v) is 8.21. The number of aliphatic imine (C=N–C) groups is 1. The normalized spacial score (nSPS) is 11.4. The number of aryl methyl sites for hydroxylation is 1. The minimum atomic E-state index is 0.736. The molecule has 2 N–H and O–H groups in total. The van der Waals surface area contributed by atoms with E-state index < -0.39 is 0 Å². The van der Waals surface area contributed by atoms with Crippen LogP contribution in [-0.4, -0.2) is 48.4 Å². The number of nitrogens with one attached hydrogen (secondary N) is 2. The summed E-state index contributed by atoms with van der Waals surface area (Å²) in [5.74, 6) is 1.79. The van der Waals surface area contributed by atoms with E-state index in [0.29, 0.717) is 0 Å². The molecule has 0 saturated heterocycles. The lowest BCUT2D eigenvalue weighted by atomic mass is 10.2. The minimum Gasteiger partial charge on any atom is -0.378 e. The lowest BCUT2D eigenvalue weighted by Crippen LogP contribution is -2.38. The maximum absolute atomic E-state index is 4.26. The monoisotopic (exact) mass is 329 g/mol. The molecular weight excluding hydrogens is 302 g/mol. The van der Waals surface area contributed by atoms with Crippen molar-refractivity contribution in [2.45, 2.75) is 26.4 Å². The van der Waals surface area contributed by atoms with Crippen LogP contribution >= 0.6 is 0 Å². The molecule has 0 bridgehead atoms. The quantitative estimate of drug-likeness (QED) is 0.591. The number of benzene rings is 1. The van der Waals surface area contributed by atoms with Crippen molar-refractivity contribution < 1.29 is 0 Å². The molecule has 0 amide bonds. The first-order valence-electron chi connectivity index (χ1n) is 8.21. The average molecular weight is 329 g/mol. The van der Waals surface area contributed by atoms with Crippen LogP contribution in [0.25, 0.3) is 0 Å². The fourth-order valence-corrected chi connectivity index (χ4v) is 2.35. The zero-order valence-corrected chi connectivity index (χ0v) is 15.0. The van der Waals surface area contributed by atoms with Crippen LogP contribution in [0, 0.1) is 0 Å². The highest BCUT2D eigenvalue weighted by atomic mass is 15.3. The third-order valence-electron chi connectivity index (χ3n) is 3.79. The molecule has 0 saturated carbocycles. The van der Waals surface area contributed by atoms with Gasteiger partial charge in [-0.25, -0.2) is 0 Å². The van der Waals surface area contributed by atoms with Crippen LogP contribution < -0.4 is 15.5 Å². The van der Waals surface area contributed by atoms with Crippen LogP contribution in [0.1, 0.15) is 18.3 Å². The number of anilines is 1. The van der Waals surface area contributed by atoms with Crippen LogP contribution in [0.4, 0.5) is 5.69 Å². The highest BCUT2D eigenvalue weighted by Gasteiger charge is 2.03. The lowest BCUT2D eigenvalue weighted by Gasteiger charge is -2.14. The molecule has 7 nitrogen and oxygen atoms in total. The van der Waals surface area contributed by atoms with Gasteiger partial charge in [0.05, 0.1) is 0 Å². The molecule has 0 unspecified atom stereocenters. The lowest BCUT2D eigenvalue weighted by molar-refractivity contribution is 0.632. The Hall–Kier alpha value is -2.57. The van der Waals surface area contributed by atoms with Gasteiger partial charge in [-0.3, -0.25) is 4.99 Å². The Labute approximate surface area is 143 Å². The summed E-state index contributed by atoms with van der Waals surface area (Å²) in [7, 11) is 5.86. The van der Waals surface area contributed by atoms with Crippen molar-refractivity contribution in [1.82, 2.24) is 25.4 Å². The number of hydrogen-bond acceptors (Lipinski definition) is 4. The fraction of sp³-hybridized carbons (Fsp3) is 0.471. The molecule has 1 aromatic carbocycles. The predicted octanol–water partition coefficient (Wildman–Crippen LogP) is 1.27. The van der Waals surface area contributed by atoms with Gasteiger partial charge in [-0.1, -0.05) is 19.1 Å². The average Bonchev–Trinajstić information content (AvgIpc) is 3.05. The van der Waals surface area contributed by atoms with Gasteiger partial charge in [-0.15, -0.1) is 10.2 Å². The van der Waals surface area contributed by atoms with Crippen molar-refractivity contribution in [3.8, 4) is 0 Å². The summed E-state index contributed by atoms with van der Waals surface area (Å²) in [5, 5.41) is 14.7. The summed E-state index contributed by atoms with van der Waals surface area (Å²) in [6.45, 7) is 4.40. The fourth-order valence-electron chi connectivity index (χ4n) is 2.35. The largest absolute Gasteiger partial charge is 0.378 e. The number of aromatic nitrogens is 3. The second-order valence-corrected chi connectivity index (χ2v) is 5.71. The van der Waals surface area contributed by atoms with Crippen LogP contribution in [0.2, 0.25) is 0 Å². The zero-order chi connectivity index (χ0) is 17.4. The topological polar surface area (TPSA) is 70.4 Å². The van der Waals surface area contributed by atoms with Gasteiger partial charge in [0.1, 0.15) is 12.2 Å². The molecule has 7 heteroatoms. The van der Waals surface area contributed by atoms with Gasteiger partial charge < -0.3 is 20.1 Å². The highest BCUT2D eigenvalue weighted by molar-refractivity contribution is 5.79. The molecule has 1 aromatic heterocycles. The summed E-state index contributed by atoms with van der Waals surface area (Å²) in [6, 6.07) is 8.48. The second-order valence-electron chi connectivity index (χ2n) is 5.71. The number of guanidine groups is 1. The van der Waals surface area contributed by atoms with Crippen molar-refractivity contribution in [2.24, 2.45) is 4.99 Å². The summed E-state index contributed by atoms with van der Waals surface area (Å²) in [5.41, 5.74) is 2.41. The third-order valence-corrected chi connectivity index (χ3v) is 3.79. The van der Waals surface area contributed by atoms with E-state index >= 15 is 0 Å². The summed E-state index contributed by atoms with van der Waals surface area (Å²) in [4.78, 5) is 6.35. The smallest absolute Gasteiger partial charge is 0.191 e. The van der Waals surface area contributed by atoms with E-state index in [2.05, 4.69) is 66.5 Å². The molecule has 0 radical (unpaired) electrons. The summed E-state index contributed by atoms with van der Waals surface area (Å²) >= 11 is 0. The third kappa shape index (κ3) is 4.97. The molecule has 0 fully saturated rings. The number of nitrogens with zero attached hydrogens (tertiary/aromatic N) is 5. The molecule has 0 aliphatic rings. The van der Waals surface area contributed by atoms with Gasteiger partial charge in [0.2, 0.25) is 0 Å². The molecule has 1 heterocycles. The Balaban J connectivity index is 1.78. The van der Waals surface area contributed by atoms with E-state index in [1.165, 1.54) is 11.3 Å². The Morgan fingerprint density at radius 1 is 1.21 bits per heavy atom. The van der Waals surface area contributed by atoms with Crippen LogP contribution in [0.15, 0.2) is 35.6 Å². The first-order chi connectivity index (χ1) is 11.6. The van der Waals surface area contributed by atoms with Gasteiger partial charge in [-0.2, -0.15) is 0 Å². The molecule has 0 atom stereocenters. The van der Waals surface area contributed by atoms with Crippen molar-refractivity contribution in [3.05, 3.63) is 42.0 Å². The van der Waals surface area contributed by atoms with E-state index in [1.54, 1.807) is 13.4 Å². The van der Waals surface area contributed by atoms with Crippen molar-refractivity contribution in [1.29, 1.82) is 0 Å². The van der Waals surface area contributed by atoms with E-state index in [1.807, 2.05) is 14.1 Å². The van der Waals surface area contributed by atoms with Crippen LogP contribution in [0.5, 0.6) is 0 Å². The number of hydrogen-bond donors (Lipinski definition) is 2. The Kier molecular flexibility index (Phi) is 6.60. The van der Waals surface area contributed by atoms with Crippen molar-refractivity contribution in [2.75, 3.05) is 32.6 Å². The van der Waals surface area contributed by atoms with E-state index in [0.717, 1.165) is 37.8 Å². The van der Waals surface area contributed by atoms with E-state index in [4.69, 9.17) is 0 Å². The van der Waals surface area contributed by atoms with Gasteiger partial charge >= 0.3 is 0 Å². The van der Waals surface area contributed by atoms with Gasteiger partial charge in [0, 0.05) is 52.9 Å². The van der Waals surface area contributed by atoms with Gasteiger partial charge in [0.15, 0.2) is 5.96 Å². The SMILES string of the molecule is CCc1nncn1CCNC(=NC)NCc1ccc(N(C)C)cc1. The number of rotatable bonds is 7. The maximum atomic E-state index is 4.26. The van der Waals surface area contributed by atoms with Crippen molar-refractivity contribution >= 4 is 11.6 Å². The van der Waals surface area contributed by atoms with Crippen LogP contribution in [-0.2, 0) is 19.5 Å². The van der Waals surface area contributed by atoms with Crippen LogP contribution in [0.3, 0.4) is 0 Å². The van der Waals surface area contributed by atoms with Gasteiger partial charge in [-0.05, 0) is 17.7 Å². The molecule has 2 rings (SSSR count). The molecule has 130 valence electrons. The minimum absolute atomic E-state index is 0.736.